The average Bonchev–Trinajstić information content (AvgIpc) is 2.18. The van der Waals surface area contributed by atoms with Crippen molar-refractivity contribution in [3.63, 3.8) is 0 Å². The Hall–Kier alpha value is -0.980. The lowest BCUT2D eigenvalue weighted by atomic mass is 10.0. The lowest BCUT2D eigenvalue weighted by Crippen LogP contribution is -2.15. The summed E-state index contributed by atoms with van der Waals surface area (Å²) >= 11 is 1.79. The van der Waals surface area contributed by atoms with Crippen molar-refractivity contribution in [1.82, 2.24) is 0 Å². The first-order valence-corrected chi connectivity index (χ1v) is 5.22. The van der Waals surface area contributed by atoms with Crippen LogP contribution in [0.2, 0.25) is 0 Å². The number of nitrogens with two attached hydrogens (primary N) is 1. The van der Waals surface area contributed by atoms with Gasteiger partial charge in [-0.05, 0) is 29.9 Å². The van der Waals surface area contributed by atoms with Gasteiger partial charge < -0.3 is 5.73 Å². The number of hydrogen-bond acceptors (Lipinski definition) is 3. The quantitative estimate of drug-likeness (QED) is 0.681. The van der Waals surface area contributed by atoms with Crippen molar-refractivity contribution in [2.24, 2.45) is 5.73 Å². The molecule has 0 aromatic heterocycles. The molecule has 1 aromatic carbocycles. The van der Waals surface area contributed by atoms with Gasteiger partial charge >= 0.3 is 0 Å². The molecule has 3 heteroatoms. The zero-order chi connectivity index (χ0) is 9.26. The highest BCUT2D eigenvalue weighted by Crippen LogP contribution is 2.35. The summed E-state index contributed by atoms with van der Waals surface area (Å²) in [4.78, 5) is 1.18. The Labute approximate surface area is 81.7 Å². The highest BCUT2D eigenvalue weighted by atomic mass is 32.2. The molecular weight excluding hydrogens is 180 g/mol. The molecule has 2 nitrogen and oxygen atoms in total. The van der Waals surface area contributed by atoms with Crippen molar-refractivity contribution in [3.05, 3.63) is 29.3 Å². The minimum absolute atomic E-state index is 0.156. The number of fused-ring (bicyclic) bond motifs is 1. The van der Waals surface area contributed by atoms with Crippen LogP contribution in [0.3, 0.4) is 0 Å². The van der Waals surface area contributed by atoms with Gasteiger partial charge in [0.15, 0.2) is 0 Å². The van der Waals surface area contributed by atoms with Gasteiger partial charge in [-0.15, -0.1) is 11.8 Å². The highest BCUT2D eigenvalue weighted by molar-refractivity contribution is 7.99. The third-order valence-electron chi connectivity index (χ3n) is 2.23. The first kappa shape index (κ1) is 8.61. The number of nitriles is 1. The zero-order valence-corrected chi connectivity index (χ0v) is 7.97. The van der Waals surface area contributed by atoms with Crippen molar-refractivity contribution in [1.29, 1.82) is 5.26 Å². The Morgan fingerprint density at radius 3 is 3.15 bits per heavy atom. The van der Waals surface area contributed by atoms with Crippen LogP contribution in [0.15, 0.2) is 23.1 Å². The molecule has 2 rings (SSSR count). The van der Waals surface area contributed by atoms with Gasteiger partial charge in [0.2, 0.25) is 0 Å². The maximum absolute atomic E-state index is 8.71. The maximum Gasteiger partial charge on any atom is 0.0992 e. The summed E-state index contributed by atoms with van der Waals surface area (Å²) in [5, 5.41) is 8.71. The van der Waals surface area contributed by atoms with Gasteiger partial charge in [-0.2, -0.15) is 5.26 Å². The second-order valence-electron chi connectivity index (χ2n) is 3.11. The molecule has 0 saturated carbocycles. The number of benzene rings is 1. The van der Waals surface area contributed by atoms with Crippen LogP contribution in [0, 0.1) is 11.3 Å². The molecule has 1 aliphatic rings. The number of thioether (sulfide) groups is 1. The Kier molecular flexibility index (Phi) is 2.26. The SMILES string of the molecule is N#Cc1ccc2c(c1)SCCC2N. The lowest BCUT2D eigenvalue weighted by Gasteiger charge is -2.21. The topological polar surface area (TPSA) is 49.8 Å². The van der Waals surface area contributed by atoms with E-state index in [0.717, 1.165) is 17.7 Å². The molecule has 1 heterocycles. The standard InChI is InChI=1S/C10H10N2S/c11-6-7-1-2-8-9(12)3-4-13-10(8)5-7/h1-2,5,9H,3-4,12H2. The zero-order valence-electron chi connectivity index (χ0n) is 7.16. The van der Waals surface area contributed by atoms with Crippen LogP contribution in [0.25, 0.3) is 0 Å². The normalized spacial score (nSPS) is 20.5. The molecular formula is C10H10N2S. The first-order chi connectivity index (χ1) is 6.31. The fraction of sp³-hybridized carbons (Fsp3) is 0.300. The van der Waals surface area contributed by atoms with E-state index in [1.807, 2.05) is 18.2 Å². The van der Waals surface area contributed by atoms with Crippen LogP contribution in [0.4, 0.5) is 0 Å². The van der Waals surface area contributed by atoms with Gasteiger partial charge in [0.05, 0.1) is 11.6 Å². The van der Waals surface area contributed by atoms with E-state index in [1.54, 1.807) is 11.8 Å². The van der Waals surface area contributed by atoms with Crippen molar-refractivity contribution in [2.75, 3.05) is 5.75 Å². The van der Waals surface area contributed by atoms with Crippen LogP contribution in [0.5, 0.6) is 0 Å². The van der Waals surface area contributed by atoms with E-state index in [1.165, 1.54) is 10.5 Å². The smallest absolute Gasteiger partial charge is 0.0992 e. The fourth-order valence-electron chi connectivity index (χ4n) is 1.49. The highest BCUT2D eigenvalue weighted by Gasteiger charge is 2.16. The van der Waals surface area contributed by atoms with Gasteiger partial charge in [-0.1, -0.05) is 6.07 Å². The van der Waals surface area contributed by atoms with Crippen molar-refractivity contribution in [2.45, 2.75) is 17.4 Å². The summed E-state index contributed by atoms with van der Waals surface area (Å²) in [5.74, 6) is 1.06. The summed E-state index contributed by atoms with van der Waals surface area (Å²) in [5.41, 5.74) is 7.85. The Balaban J connectivity index is 2.47. The molecule has 1 atom stereocenters. The number of rotatable bonds is 0. The summed E-state index contributed by atoms with van der Waals surface area (Å²) in [6.45, 7) is 0. The van der Waals surface area contributed by atoms with E-state index in [-0.39, 0.29) is 6.04 Å². The second kappa shape index (κ2) is 3.41. The third kappa shape index (κ3) is 1.55. The Bertz CT molecular complexity index is 368. The van der Waals surface area contributed by atoms with E-state index in [0.29, 0.717) is 0 Å². The molecule has 0 fully saturated rings. The molecule has 0 spiro atoms. The molecule has 0 saturated heterocycles. The minimum Gasteiger partial charge on any atom is -0.324 e. The molecule has 1 aliphatic heterocycles. The average molecular weight is 190 g/mol. The predicted octanol–water partition coefficient (Wildman–Crippen LogP) is 2.05. The van der Waals surface area contributed by atoms with Gasteiger partial charge in [0, 0.05) is 10.9 Å². The van der Waals surface area contributed by atoms with Gasteiger partial charge in [0.1, 0.15) is 0 Å². The van der Waals surface area contributed by atoms with Crippen LogP contribution in [0.1, 0.15) is 23.6 Å². The maximum atomic E-state index is 8.71. The number of nitrogens with zero attached hydrogens (tertiary/aromatic N) is 1. The molecule has 2 N–H and O–H groups in total. The molecule has 0 amide bonds. The van der Waals surface area contributed by atoms with Crippen LogP contribution in [-0.2, 0) is 0 Å². The molecule has 1 aromatic rings. The number of hydrogen-bond donors (Lipinski definition) is 1. The van der Waals surface area contributed by atoms with Crippen molar-refractivity contribution >= 4 is 11.8 Å². The fourth-order valence-corrected chi connectivity index (χ4v) is 2.67. The summed E-state index contributed by atoms with van der Waals surface area (Å²) in [7, 11) is 0. The van der Waals surface area contributed by atoms with Gasteiger partial charge in [0.25, 0.3) is 0 Å². The van der Waals surface area contributed by atoms with Gasteiger partial charge in [-0.3, -0.25) is 0 Å². The van der Waals surface area contributed by atoms with E-state index in [9.17, 15) is 0 Å². The summed E-state index contributed by atoms with van der Waals surface area (Å²) in [6, 6.07) is 8.04. The summed E-state index contributed by atoms with van der Waals surface area (Å²) < 4.78 is 0. The van der Waals surface area contributed by atoms with Crippen LogP contribution < -0.4 is 5.73 Å². The van der Waals surface area contributed by atoms with Crippen molar-refractivity contribution < 1.29 is 0 Å². The van der Waals surface area contributed by atoms with E-state index >= 15 is 0 Å². The Morgan fingerprint density at radius 2 is 2.38 bits per heavy atom. The minimum atomic E-state index is 0.156. The lowest BCUT2D eigenvalue weighted by molar-refractivity contribution is 0.680. The van der Waals surface area contributed by atoms with Crippen molar-refractivity contribution in [3.8, 4) is 6.07 Å². The van der Waals surface area contributed by atoms with E-state index in [2.05, 4.69) is 6.07 Å². The Morgan fingerprint density at radius 1 is 1.54 bits per heavy atom. The van der Waals surface area contributed by atoms with Gasteiger partial charge in [-0.25, -0.2) is 0 Å². The largest absolute Gasteiger partial charge is 0.324 e. The summed E-state index contributed by atoms with van der Waals surface area (Å²) in [6.07, 6.45) is 1.03. The predicted molar refractivity (Wildman–Crippen MR) is 53.4 cm³/mol. The molecule has 0 bridgehead atoms. The third-order valence-corrected chi connectivity index (χ3v) is 3.33. The molecule has 1 unspecified atom stereocenters. The van der Waals surface area contributed by atoms with E-state index < -0.39 is 0 Å². The van der Waals surface area contributed by atoms with E-state index in [4.69, 9.17) is 11.0 Å². The van der Waals surface area contributed by atoms with Crippen LogP contribution in [-0.4, -0.2) is 5.75 Å². The second-order valence-corrected chi connectivity index (χ2v) is 4.24. The van der Waals surface area contributed by atoms with Crippen LogP contribution >= 0.6 is 11.8 Å². The molecule has 0 aliphatic carbocycles. The molecule has 13 heavy (non-hydrogen) atoms. The first-order valence-electron chi connectivity index (χ1n) is 4.23. The monoisotopic (exact) mass is 190 g/mol. The molecule has 66 valence electrons. The molecule has 0 radical (unpaired) electrons.